The van der Waals surface area contributed by atoms with Crippen LogP contribution in [0.1, 0.15) is 0 Å². The Morgan fingerprint density at radius 2 is 2.00 bits per heavy atom. The highest BCUT2D eigenvalue weighted by atomic mass is 35.5. The Hall–Kier alpha value is -3.17. The summed E-state index contributed by atoms with van der Waals surface area (Å²) in [5.74, 6) is 0.295. The minimum absolute atomic E-state index is 0.0627. The molecular weight excluding hydrogens is 388 g/mol. The Morgan fingerprint density at radius 1 is 1.15 bits per heavy atom. The second-order valence-electron chi connectivity index (χ2n) is 5.69. The second kappa shape index (κ2) is 6.53. The van der Waals surface area contributed by atoms with Crippen molar-refractivity contribution < 1.29 is 8.42 Å². The van der Waals surface area contributed by atoms with Crippen LogP contribution in [0.3, 0.4) is 0 Å². The van der Waals surface area contributed by atoms with Crippen LogP contribution in [0.25, 0.3) is 22.3 Å². The molecule has 0 radical (unpaired) electrons. The third-order valence-corrected chi connectivity index (χ3v) is 5.56. The monoisotopic (exact) mass is 400 g/mol. The highest BCUT2D eigenvalue weighted by Gasteiger charge is 2.16. The number of nitrogens with zero attached hydrogens (tertiary/aromatic N) is 3. The number of nitrogens with two attached hydrogens (primary N) is 1. The van der Waals surface area contributed by atoms with Crippen molar-refractivity contribution in [1.82, 2.24) is 20.2 Å². The number of anilines is 2. The number of hydrogen-bond donors (Lipinski definition) is 3. The quantitative estimate of drug-likeness (QED) is 0.483. The van der Waals surface area contributed by atoms with Gasteiger partial charge in [0.25, 0.3) is 10.0 Å². The van der Waals surface area contributed by atoms with Gasteiger partial charge in [-0.25, -0.2) is 13.4 Å². The average molecular weight is 401 g/mol. The summed E-state index contributed by atoms with van der Waals surface area (Å²) in [6.45, 7) is 0. The maximum atomic E-state index is 12.4. The van der Waals surface area contributed by atoms with Crippen LogP contribution in [-0.2, 0) is 10.0 Å². The number of aromatic amines is 1. The van der Waals surface area contributed by atoms with Gasteiger partial charge in [-0.05, 0) is 42.5 Å². The average Bonchev–Trinajstić information content (AvgIpc) is 3.03. The molecule has 0 atom stereocenters. The molecule has 0 bridgehead atoms. The molecule has 136 valence electrons. The fourth-order valence-corrected chi connectivity index (χ4v) is 3.86. The van der Waals surface area contributed by atoms with E-state index in [0.717, 1.165) is 0 Å². The number of halogens is 1. The predicted molar refractivity (Wildman–Crippen MR) is 104 cm³/mol. The lowest BCUT2D eigenvalue weighted by molar-refractivity contribution is 0.601. The van der Waals surface area contributed by atoms with Gasteiger partial charge >= 0.3 is 0 Å². The maximum Gasteiger partial charge on any atom is 0.263 e. The van der Waals surface area contributed by atoms with Gasteiger partial charge in [0.2, 0.25) is 0 Å². The highest BCUT2D eigenvalue weighted by molar-refractivity contribution is 7.92. The molecule has 0 aliphatic carbocycles. The standard InChI is InChI=1S/C17H13ClN6O2S/c18-13-8-10(24-27(25,26)11-2-1-7-20-9-11)3-4-12(13)14-5-6-15-16(21-14)17(19)23-22-15/h1-9,24H,(H3,19,22,23). The third kappa shape index (κ3) is 3.29. The van der Waals surface area contributed by atoms with Gasteiger partial charge in [-0.2, -0.15) is 5.10 Å². The zero-order valence-electron chi connectivity index (χ0n) is 13.7. The first-order chi connectivity index (χ1) is 12.9. The van der Waals surface area contributed by atoms with Gasteiger partial charge < -0.3 is 5.73 Å². The summed E-state index contributed by atoms with van der Waals surface area (Å²) in [6.07, 6.45) is 2.77. The highest BCUT2D eigenvalue weighted by Crippen LogP contribution is 2.31. The molecule has 0 saturated carbocycles. The second-order valence-corrected chi connectivity index (χ2v) is 7.78. The molecule has 0 saturated heterocycles. The van der Waals surface area contributed by atoms with Gasteiger partial charge in [0.1, 0.15) is 10.4 Å². The zero-order valence-corrected chi connectivity index (χ0v) is 15.3. The van der Waals surface area contributed by atoms with Crippen molar-refractivity contribution in [2.24, 2.45) is 0 Å². The van der Waals surface area contributed by atoms with E-state index in [9.17, 15) is 8.42 Å². The molecule has 0 aliphatic rings. The fraction of sp³-hybridized carbons (Fsp3) is 0. The Balaban J connectivity index is 1.67. The van der Waals surface area contributed by atoms with Crippen molar-refractivity contribution in [3.63, 3.8) is 0 Å². The molecule has 1 aromatic carbocycles. The Labute approximate surface area is 159 Å². The summed E-state index contributed by atoms with van der Waals surface area (Å²) in [4.78, 5) is 8.35. The summed E-state index contributed by atoms with van der Waals surface area (Å²) in [5, 5.41) is 7.03. The van der Waals surface area contributed by atoms with Crippen molar-refractivity contribution in [2.45, 2.75) is 4.90 Å². The first-order valence-corrected chi connectivity index (χ1v) is 9.63. The number of nitrogen functional groups attached to an aromatic ring is 1. The molecule has 0 fully saturated rings. The van der Waals surface area contributed by atoms with Crippen LogP contribution in [0, 0.1) is 0 Å². The Bertz CT molecular complexity index is 1240. The van der Waals surface area contributed by atoms with E-state index >= 15 is 0 Å². The minimum Gasteiger partial charge on any atom is -0.380 e. The molecule has 0 amide bonds. The number of rotatable bonds is 4. The minimum atomic E-state index is -3.75. The van der Waals surface area contributed by atoms with Crippen LogP contribution in [0.5, 0.6) is 0 Å². The van der Waals surface area contributed by atoms with E-state index in [1.165, 1.54) is 24.5 Å². The summed E-state index contributed by atoms with van der Waals surface area (Å²) in [6, 6.07) is 11.4. The van der Waals surface area contributed by atoms with Gasteiger partial charge in [0.15, 0.2) is 5.82 Å². The van der Waals surface area contributed by atoms with E-state index in [0.29, 0.717) is 38.8 Å². The van der Waals surface area contributed by atoms with E-state index in [2.05, 4.69) is 24.9 Å². The summed E-state index contributed by atoms with van der Waals surface area (Å²) >= 11 is 6.36. The lowest BCUT2D eigenvalue weighted by Crippen LogP contribution is -2.13. The molecule has 4 N–H and O–H groups in total. The number of nitrogens with one attached hydrogen (secondary N) is 2. The maximum absolute atomic E-state index is 12.4. The van der Waals surface area contributed by atoms with E-state index in [1.807, 2.05) is 0 Å². The van der Waals surface area contributed by atoms with Crippen molar-refractivity contribution in [3.8, 4) is 11.3 Å². The number of aromatic nitrogens is 4. The van der Waals surface area contributed by atoms with Gasteiger partial charge in [-0.15, -0.1) is 0 Å². The van der Waals surface area contributed by atoms with E-state index in [-0.39, 0.29) is 4.90 Å². The van der Waals surface area contributed by atoms with Gasteiger partial charge in [0.05, 0.1) is 21.9 Å². The molecule has 4 aromatic rings. The normalized spacial score (nSPS) is 11.6. The number of sulfonamides is 1. The van der Waals surface area contributed by atoms with Crippen molar-refractivity contribution >= 4 is 44.2 Å². The smallest absolute Gasteiger partial charge is 0.263 e. The predicted octanol–water partition coefficient (Wildman–Crippen LogP) is 3.06. The van der Waals surface area contributed by atoms with E-state index in [4.69, 9.17) is 17.3 Å². The number of hydrogen-bond acceptors (Lipinski definition) is 6. The first kappa shape index (κ1) is 17.3. The lowest BCUT2D eigenvalue weighted by atomic mass is 10.1. The molecule has 0 unspecified atom stereocenters. The molecule has 0 aliphatic heterocycles. The van der Waals surface area contributed by atoms with Crippen LogP contribution < -0.4 is 10.5 Å². The number of H-pyrrole nitrogens is 1. The first-order valence-electron chi connectivity index (χ1n) is 7.77. The van der Waals surface area contributed by atoms with E-state index in [1.54, 1.807) is 30.3 Å². The molecule has 0 spiro atoms. The van der Waals surface area contributed by atoms with Gasteiger partial charge in [-0.1, -0.05) is 11.6 Å². The SMILES string of the molecule is Nc1n[nH]c2ccc(-c3ccc(NS(=O)(=O)c4cccnc4)cc3Cl)nc12. The van der Waals surface area contributed by atoms with E-state index < -0.39 is 10.0 Å². The molecular formula is C17H13ClN6O2S. The molecule has 4 rings (SSSR count). The Morgan fingerprint density at radius 3 is 2.74 bits per heavy atom. The topological polar surface area (TPSA) is 127 Å². The van der Waals surface area contributed by atoms with Crippen LogP contribution >= 0.6 is 11.6 Å². The number of fused-ring (bicyclic) bond motifs is 1. The van der Waals surface area contributed by atoms with Crippen LogP contribution in [0.2, 0.25) is 5.02 Å². The third-order valence-electron chi connectivity index (χ3n) is 3.88. The fourth-order valence-electron chi connectivity index (χ4n) is 2.57. The Kier molecular flexibility index (Phi) is 4.17. The molecule has 8 nitrogen and oxygen atoms in total. The molecule has 10 heteroatoms. The van der Waals surface area contributed by atoms with Gasteiger partial charge in [0, 0.05) is 18.0 Å². The lowest BCUT2D eigenvalue weighted by Gasteiger charge is -2.10. The van der Waals surface area contributed by atoms with Crippen LogP contribution in [0.15, 0.2) is 59.8 Å². The largest absolute Gasteiger partial charge is 0.380 e. The van der Waals surface area contributed by atoms with Gasteiger partial charge in [-0.3, -0.25) is 14.8 Å². The summed E-state index contributed by atoms with van der Waals surface area (Å²) in [5.41, 5.74) is 8.62. The van der Waals surface area contributed by atoms with Crippen LogP contribution in [-0.4, -0.2) is 28.6 Å². The van der Waals surface area contributed by atoms with Crippen molar-refractivity contribution in [3.05, 3.63) is 59.9 Å². The molecule has 3 heterocycles. The summed E-state index contributed by atoms with van der Waals surface area (Å²) in [7, 11) is -3.75. The number of benzene rings is 1. The summed E-state index contributed by atoms with van der Waals surface area (Å²) < 4.78 is 27.3. The molecule has 27 heavy (non-hydrogen) atoms. The number of pyridine rings is 2. The zero-order chi connectivity index (χ0) is 19.0. The van der Waals surface area contributed by atoms with Crippen LogP contribution in [0.4, 0.5) is 11.5 Å². The van der Waals surface area contributed by atoms with Crippen molar-refractivity contribution in [2.75, 3.05) is 10.5 Å². The molecule has 3 aromatic heterocycles. The van der Waals surface area contributed by atoms with Crippen molar-refractivity contribution in [1.29, 1.82) is 0 Å².